The first-order valence-corrected chi connectivity index (χ1v) is 8.42. The Balaban J connectivity index is 2.33. The summed E-state index contributed by atoms with van der Waals surface area (Å²) >= 11 is 0. The van der Waals surface area contributed by atoms with Crippen LogP contribution in [0.2, 0.25) is 0 Å². The Morgan fingerprint density at radius 2 is 1.71 bits per heavy atom. The van der Waals surface area contributed by atoms with Crippen LogP contribution in [0, 0.1) is 0 Å². The second-order valence-electron chi connectivity index (χ2n) is 6.81. The van der Waals surface area contributed by atoms with Crippen molar-refractivity contribution in [2.45, 2.75) is 71.9 Å². The van der Waals surface area contributed by atoms with Crippen molar-refractivity contribution in [3.8, 4) is 0 Å². The number of rotatable bonds is 10. The van der Waals surface area contributed by atoms with Crippen LogP contribution < -0.4 is 5.32 Å². The molecular formula is C19H33NO. The molecule has 0 bridgehead atoms. The normalized spacial score (nSPS) is 11.8. The molecular weight excluding hydrogens is 258 g/mol. The number of benzene rings is 1. The standard InChI is InChI=1S/C19H33NO/c1-5-6-7-10-15-21-16-18-12-9-8-11-17(18)13-14-20-19(2,3)4/h8-9,11-12,20H,5-7,10,13-16H2,1-4H3. The molecule has 2 heteroatoms. The SMILES string of the molecule is CCCCCCOCc1ccccc1CCNC(C)(C)C. The highest BCUT2D eigenvalue weighted by Crippen LogP contribution is 2.12. The minimum Gasteiger partial charge on any atom is -0.377 e. The maximum Gasteiger partial charge on any atom is 0.0719 e. The van der Waals surface area contributed by atoms with E-state index >= 15 is 0 Å². The summed E-state index contributed by atoms with van der Waals surface area (Å²) in [5.41, 5.74) is 2.93. The molecule has 1 aromatic rings. The molecule has 0 fully saturated rings. The zero-order chi connectivity index (χ0) is 15.6. The first-order chi connectivity index (χ1) is 10.0. The molecule has 0 amide bonds. The molecule has 0 saturated carbocycles. The molecule has 0 aliphatic rings. The summed E-state index contributed by atoms with van der Waals surface area (Å²) in [6, 6.07) is 8.65. The second kappa shape index (κ2) is 9.97. The molecule has 1 aromatic carbocycles. The molecule has 0 spiro atoms. The third-order valence-electron chi connectivity index (χ3n) is 3.57. The van der Waals surface area contributed by atoms with E-state index in [1.807, 2.05) is 0 Å². The maximum atomic E-state index is 5.83. The molecule has 0 unspecified atom stereocenters. The Morgan fingerprint density at radius 1 is 1.00 bits per heavy atom. The fourth-order valence-corrected chi connectivity index (χ4v) is 2.33. The lowest BCUT2D eigenvalue weighted by molar-refractivity contribution is 0.116. The number of hydrogen-bond acceptors (Lipinski definition) is 2. The summed E-state index contributed by atoms with van der Waals surface area (Å²) in [5.74, 6) is 0. The lowest BCUT2D eigenvalue weighted by Gasteiger charge is -2.21. The predicted molar refractivity (Wildman–Crippen MR) is 91.7 cm³/mol. The van der Waals surface area contributed by atoms with E-state index in [4.69, 9.17) is 4.74 Å². The lowest BCUT2D eigenvalue weighted by atomic mass is 10.0. The Labute approximate surface area is 131 Å². The van der Waals surface area contributed by atoms with Crippen molar-refractivity contribution in [3.05, 3.63) is 35.4 Å². The van der Waals surface area contributed by atoms with E-state index in [2.05, 4.69) is 57.3 Å². The van der Waals surface area contributed by atoms with Gasteiger partial charge in [-0.1, -0.05) is 50.5 Å². The van der Waals surface area contributed by atoms with Gasteiger partial charge in [0.05, 0.1) is 6.61 Å². The van der Waals surface area contributed by atoms with Gasteiger partial charge in [-0.2, -0.15) is 0 Å². The summed E-state index contributed by atoms with van der Waals surface area (Å²) in [5, 5.41) is 3.55. The van der Waals surface area contributed by atoms with Gasteiger partial charge >= 0.3 is 0 Å². The molecule has 0 saturated heterocycles. The van der Waals surface area contributed by atoms with E-state index in [0.717, 1.165) is 26.2 Å². The van der Waals surface area contributed by atoms with E-state index in [-0.39, 0.29) is 5.54 Å². The van der Waals surface area contributed by atoms with Crippen LogP contribution in [0.3, 0.4) is 0 Å². The molecule has 0 atom stereocenters. The lowest BCUT2D eigenvalue weighted by Crippen LogP contribution is -2.37. The Hall–Kier alpha value is -0.860. The van der Waals surface area contributed by atoms with E-state index in [9.17, 15) is 0 Å². The largest absolute Gasteiger partial charge is 0.377 e. The summed E-state index contributed by atoms with van der Waals surface area (Å²) in [4.78, 5) is 0. The van der Waals surface area contributed by atoms with Crippen LogP contribution in [-0.2, 0) is 17.8 Å². The molecule has 0 heterocycles. The topological polar surface area (TPSA) is 21.3 Å². The average Bonchev–Trinajstić information content (AvgIpc) is 2.43. The van der Waals surface area contributed by atoms with E-state index < -0.39 is 0 Å². The van der Waals surface area contributed by atoms with Gasteiger partial charge in [-0.05, 0) is 51.3 Å². The molecule has 21 heavy (non-hydrogen) atoms. The first-order valence-electron chi connectivity index (χ1n) is 8.42. The van der Waals surface area contributed by atoms with Gasteiger partial charge in [0.15, 0.2) is 0 Å². The molecule has 2 nitrogen and oxygen atoms in total. The van der Waals surface area contributed by atoms with Gasteiger partial charge in [-0.15, -0.1) is 0 Å². The quantitative estimate of drug-likeness (QED) is 0.630. The van der Waals surface area contributed by atoms with Crippen LogP contribution in [-0.4, -0.2) is 18.7 Å². The van der Waals surface area contributed by atoms with E-state index in [0.29, 0.717) is 0 Å². The fraction of sp³-hybridized carbons (Fsp3) is 0.684. The van der Waals surface area contributed by atoms with E-state index in [1.165, 1.54) is 36.8 Å². The third kappa shape index (κ3) is 8.90. The van der Waals surface area contributed by atoms with Crippen LogP contribution in [0.1, 0.15) is 64.5 Å². The predicted octanol–water partition coefficient (Wildman–Crippen LogP) is 4.71. The van der Waals surface area contributed by atoms with Gasteiger partial charge in [0.2, 0.25) is 0 Å². The van der Waals surface area contributed by atoms with Crippen molar-refractivity contribution in [2.75, 3.05) is 13.2 Å². The molecule has 0 aliphatic carbocycles. The zero-order valence-electron chi connectivity index (χ0n) is 14.4. The van der Waals surface area contributed by atoms with E-state index in [1.54, 1.807) is 0 Å². The monoisotopic (exact) mass is 291 g/mol. The van der Waals surface area contributed by atoms with Gasteiger partial charge in [0.25, 0.3) is 0 Å². The summed E-state index contributed by atoms with van der Waals surface area (Å²) < 4.78 is 5.83. The Bertz CT molecular complexity index is 381. The smallest absolute Gasteiger partial charge is 0.0719 e. The second-order valence-corrected chi connectivity index (χ2v) is 6.81. The number of ether oxygens (including phenoxy) is 1. The number of nitrogens with one attached hydrogen (secondary N) is 1. The zero-order valence-corrected chi connectivity index (χ0v) is 14.4. The maximum absolute atomic E-state index is 5.83. The summed E-state index contributed by atoms with van der Waals surface area (Å²) in [6.07, 6.45) is 6.13. The third-order valence-corrected chi connectivity index (χ3v) is 3.57. The van der Waals surface area contributed by atoms with Gasteiger partial charge < -0.3 is 10.1 Å². The molecule has 1 rings (SSSR count). The van der Waals surface area contributed by atoms with Crippen molar-refractivity contribution >= 4 is 0 Å². The van der Waals surface area contributed by atoms with Gasteiger partial charge in [0, 0.05) is 12.1 Å². The van der Waals surface area contributed by atoms with Crippen molar-refractivity contribution in [2.24, 2.45) is 0 Å². The Kier molecular flexibility index (Phi) is 8.63. The summed E-state index contributed by atoms with van der Waals surface area (Å²) in [7, 11) is 0. The van der Waals surface area contributed by atoms with Crippen molar-refractivity contribution in [1.29, 1.82) is 0 Å². The Morgan fingerprint density at radius 3 is 2.38 bits per heavy atom. The van der Waals surface area contributed by atoms with Gasteiger partial charge in [-0.25, -0.2) is 0 Å². The minimum atomic E-state index is 0.185. The average molecular weight is 291 g/mol. The molecule has 0 radical (unpaired) electrons. The summed E-state index contributed by atoms with van der Waals surface area (Å²) in [6.45, 7) is 11.5. The first kappa shape index (κ1) is 18.2. The van der Waals surface area contributed by atoms with Gasteiger partial charge in [0.1, 0.15) is 0 Å². The molecule has 1 N–H and O–H groups in total. The highest BCUT2D eigenvalue weighted by atomic mass is 16.5. The van der Waals surface area contributed by atoms with Crippen LogP contribution in [0.15, 0.2) is 24.3 Å². The van der Waals surface area contributed by atoms with Crippen molar-refractivity contribution in [3.63, 3.8) is 0 Å². The number of hydrogen-bond donors (Lipinski definition) is 1. The van der Waals surface area contributed by atoms with Crippen LogP contribution in [0.5, 0.6) is 0 Å². The van der Waals surface area contributed by atoms with Crippen molar-refractivity contribution in [1.82, 2.24) is 5.32 Å². The van der Waals surface area contributed by atoms with Gasteiger partial charge in [-0.3, -0.25) is 0 Å². The fourth-order valence-electron chi connectivity index (χ4n) is 2.33. The number of unbranched alkanes of at least 4 members (excludes halogenated alkanes) is 3. The minimum absolute atomic E-state index is 0.185. The highest BCUT2D eigenvalue weighted by Gasteiger charge is 2.08. The van der Waals surface area contributed by atoms with Crippen LogP contribution >= 0.6 is 0 Å². The molecule has 0 aliphatic heterocycles. The van der Waals surface area contributed by atoms with Crippen LogP contribution in [0.4, 0.5) is 0 Å². The molecule has 120 valence electrons. The molecule has 0 aromatic heterocycles. The van der Waals surface area contributed by atoms with Crippen molar-refractivity contribution < 1.29 is 4.74 Å². The van der Waals surface area contributed by atoms with Crippen LogP contribution in [0.25, 0.3) is 0 Å². The highest BCUT2D eigenvalue weighted by molar-refractivity contribution is 5.26.